The molecule has 0 aliphatic carbocycles. The summed E-state index contributed by atoms with van der Waals surface area (Å²) in [6, 6.07) is 13.8. The Morgan fingerprint density at radius 3 is 2.78 bits per heavy atom. The van der Waals surface area contributed by atoms with E-state index in [9.17, 15) is 9.59 Å². The van der Waals surface area contributed by atoms with Gasteiger partial charge < -0.3 is 9.72 Å². The smallest absolute Gasteiger partial charge is 0.280 e. The third kappa shape index (κ3) is 4.67. The molecule has 1 heterocycles. The fourth-order valence-electron chi connectivity index (χ4n) is 2.33. The zero-order chi connectivity index (χ0) is 19.4. The Hall–Kier alpha value is -2.83. The molecule has 8 heteroatoms. The van der Waals surface area contributed by atoms with Crippen LogP contribution in [-0.4, -0.2) is 23.2 Å². The van der Waals surface area contributed by atoms with E-state index in [0.29, 0.717) is 21.4 Å². The van der Waals surface area contributed by atoms with E-state index in [-0.39, 0.29) is 5.56 Å². The van der Waals surface area contributed by atoms with E-state index in [1.54, 1.807) is 31.2 Å². The molecule has 27 heavy (non-hydrogen) atoms. The van der Waals surface area contributed by atoms with Crippen molar-refractivity contribution < 1.29 is 9.53 Å². The number of hydrogen-bond acceptors (Lipinski definition) is 4. The van der Waals surface area contributed by atoms with Crippen molar-refractivity contribution in [2.75, 3.05) is 0 Å². The number of ether oxygens (including phenoxy) is 1. The Morgan fingerprint density at radius 2 is 2.00 bits per heavy atom. The van der Waals surface area contributed by atoms with Gasteiger partial charge in [-0.05, 0) is 42.6 Å². The van der Waals surface area contributed by atoms with Crippen molar-refractivity contribution in [1.29, 1.82) is 0 Å². The van der Waals surface area contributed by atoms with Gasteiger partial charge in [-0.3, -0.25) is 9.59 Å². The first kappa shape index (κ1) is 18.9. The van der Waals surface area contributed by atoms with Crippen molar-refractivity contribution in [3.05, 3.63) is 74.5 Å². The highest BCUT2D eigenvalue weighted by atomic mass is 35.5. The SMILES string of the molecule is C[C@H](Oc1ccc(Cl)cc1Cl)C(=O)N/N=C\c1cc2ccccc2[nH]c1=O. The van der Waals surface area contributed by atoms with Crippen LogP contribution in [0.25, 0.3) is 10.9 Å². The van der Waals surface area contributed by atoms with Crippen LogP contribution in [0.2, 0.25) is 10.0 Å². The highest BCUT2D eigenvalue weighted by Crippen LogP contribution is 2.28. The maximum Gasteiger partial charge on any atom is 0.280 e. The van der Waals surface area contributed by atoms with Crippen LogP contribution in [0.1, 0.15) is 12.5 Å². The van der Waals surface area contributed by atoms with Crippen LogP contribution in [0.3, 0.4) is 0 Å². The number of H-pyrrole nitrogens is 1. The lowest BCUT2D eigenvalue weighted by molar-refractivity contribution is -0.127. The van der Waals surface area contributed by atoms with E-state index in [1.165, 1.54) is 12.3 Å². The Bertz CT molecular complexity index is 1080. The van der Waals surface area contributed by atoms with E-state index in [0.717, 1.165) is 10.9 Å². The molecule has 3 aromatic rings. The molecular weight excluding hydrogens is 389 g/mol. The van der Waals surface area contributed by atoms with Gasteiger partial charge in [0.05, 0.1) is 16.8 Å². The number of hydrazone groups is 1. The van der Waals surface area contributed by atoms with Gasteiger partial charge >= 0.3 is 0 Å². The van der Waals surface area contributed by atoms with Crippen molar-refractivity contribution in [3.8, 4) is 5.75 Å². The van der Waals surface area contributed by atoms with Crippen LogP contribution in [0.4, 0.5) is 0 Å². The van der Waals surface area contributed by atoms with E-state index < -0.39 is 12.0 Å². The van der Waals surface area contributed by atoms with Gasteiger partial charge in [-0.15, -0.1) is 0 Å². The highest BCUT2D eigenvalue weighted by Gasteiger charge is 2.15. The maximum atomic E-state index is 12.1. The molecule has 1 amide bonds. The molecule has 138 valence electrons. The summed E-state index contributed by atoms with van der Waals surface area (Å²) in [7, 11) is 0. The zero-order valence-corrected chi connectivity index (χ0v) is 15.7. The summed E-state index contributed by atoms with van der Waals surface area (Å²) in [5.74, 6) is -0.159. The molecular formula is C19H15Cl2N3O3. The van der Waals surface area contributed by atoms with Gasteiger partial charge in [0.25, 0.3) is 11.5 Å². The van der Waals surface area contributed by atoms with E-state index in [1.807, 2.05) is 18.2 Å². The number of fused-ring (bicyclic) bond motifs is 1. The summed E-state index contributed by atoms with van der Waals surface area (Å²) < 4.78 is 5.50. The van der Waals surface area contributed by atoms with Gasteiger partial charge in [-0.25, -0.2) is 5.43 Å². The fraction of sp³-hybridized carbons (Fsp3) is 0.105. The molecule has 1 atom stereocenters. The molecule has 0 unspecified atom stereocenters. The highest BCUT2D eigenvalue weighted by molar-refractivity contribution is 6.35. The van der Waals surface area contributed by atoms with Crippen molar-refractivity contribution in [1.82, 2.24) is 10.4 Å². The molecule has 3 rings (SSSR count). The minimum atomic E-state index is -0.851. The molecule has 2 aromatic carbocycles. The first-order chi connectivity index (χ1) is 12.9. The maximum absolute atomic E-state index is 12.1. The lowest BCUT2D eigenvalue weighted by Crippen LogP contribution is -2.33. The lowest BCUT2D eigenvalue weighted by atomic mass is 10.2. The summed E-state index contributed by atoms with van der Waals surface area (Å²) >= 11 is 11.8. The molecule has 0 aliphatic heterocycles. The van der Waals surface area contributed by atoms with Gasteiger partial charge in [-0.2, -0.15) is 5.10 Å². The quantitative estimate of drug-likeness (QED) is 0.502. The molecule has 0 fully saturated rings. The Morgan fingerprint density at radius 1 is 1.22 bits per heavy atom. The van der Waals surface area contributed by atoms with Gasteiger partial charge in [0.15, 0.2) is 6.10 Å². The monoisotopic (exact) mass is 403 g/mol. The Kier molecular flexibility index (Phi) is 5.78. The number of carbonyl (C=O) groups is 1. The molecule has 0 saturated heterocycles. The van der Waals surface area contributed by atoms with Crippen LogP contribution in [-0.2, 0) is 4.79 Å². The van der Waals surface area contributed by atoms with Crippen molar-refractivity contribution >= 4 is 46.2 Å². The molecule has 0 spiro atoms. The molecule has 0 saturated carbocycles. The molecule has 2 N–H and O–H groups in total. The number of nitrogens with one attached hydrogen (secondary N) is 2. The van der Waals surface area contributed by atoms with Crippen LogP contribution in [0.15, 0.2) is 58.4 Å². The summed E-state index contributed by atoms with van der Waals surface area (Å²) in [5.41, 5.74) is 3.09. The fourth-order valence-corrected chi connectivity index (χ4v) is 2.78. The number of para-hydroxylation sites is 1. The first-order valence-corrected chi connectivity index (χ1v) is 8.76. The van der Waals surface area contributed by atoms with Crippen LogP contribution >= 0.6 is 23.2 Å². The molecule has 0 radical (unpaired) electrons. The van der Waals surface area contributed by atoms with Gasteiger partial charge in [0.2, 0.25) is 0 Å². The number of aromatic nitrogens is 1. The topological polar surface area (TPSA) is 83.5 Å². The number of carbonyl (C=O) groups excluding carboxylic acids is 1. The van der Waals surface area contributed by atoms with Crippen molar-refractivity contribution in [3.63, 3.8) is 0 Å². The number of rotatable bonds is 5. The third-order valence-electron chi connectivity index (χ3n) is 3.73. The molecule has 0 bridgehead atoms. The van der Waals surface area contributed by atoms with Crippen LogP contribution in [0.5, 0.6) is 5.75 Å². The summed E-state index contributed by atoms with van der Waals surface area (Å²) in [6.07, 6.45) is 0.432. The normalized spacial score (nSPS) is 12.3. The number of hydrogen-bond donors (Lipinski definition) is 2. The number of nitrogens with zero attached hydrogens (tertiary/aromatic N) is 1. The standard InChI is InChI=1S/C19H15Cl2N3O3/c1-11(27-17-7-6-14(20)9-15(17)21)18(25)24-22-10-13-8-12-4-2-3-5-16(12)23-19(13)26/h2-11H,1H3,(H,23,26)(H,24,25)/b22-10-/t11-/m0/s1. The zero-order valence-electron chi connectivity index (χ0n) is 14.2. The predicted molar refractivity (Wildman–Crippen MR) is 107 cm³/mol. The van der Waals surface area contributed by atoms with Crippen LogP contribution in [0, 0.1) is 0 Å². The lowest BCUT2D eigenvalue weighted by Gasteiger charge is -2.14. The average Bonchev–Trinajstić information content (AvgIpc) is 2.64. The molecule has 1 aromatic heterocycles. The Balaban J connectivity index is 1.66. The van der Waals surface area contributed by atoms with E-state index in [4.69, 9.17) is 27.9 Å². The van der Waals surface area contributed by atoms with E-state index in [2.05, 4.69) is 15.5 Å². The third-order valence-corrected chi connectivity index (χ3v) is 4.26. The number of aromatic amines is 1. The van der Waals surface area contributed by atoms with Crippen LogP contribution < -0.4 is 15.7 Å². The van der Waals surface area contributed by atoms with Crippen molar-refractivity contribution in [2.24, 2.45) is 5.10 Å². The van der Waals surface area contributed by atoms with E-state index >= 15 is 0 Å². The number of benzene rings is 2. The second kappa shape index (κ2) is 8.24. The minimum absolute atomic E-state index is 0.299. The summed E-state index contributed by atoms with van der Waals surface area (Å²) in [5, 5.41) is 5.46. The second-order valence-electron chi connectivity index (χ2n) is 5.71. The Labute approximate surface area is 164 Å². The molecule has 0 aliphatic rings. The van der Waals surface area contributed by atoms with Gasteiger partial charge in [0.1, 0.15) is 5.75 Å². The first-order valence-electron chi connectivity index (χ1n) is 8.01. The number of halogens is 2. The summed E-state index contributed by atoms with van der Waals surface area (Å²) in [4.78, 5) is 26.9. The minimum Gasteiger partial charge on any atom is -0.479 e. The molecule has 6 nitrogen and oxygen atoms in total. The van der Waals surface area contributed by atoms with Gasteiger partial charge in [-0.1, -0.05) is 41.4 Å². The van der Waals surface area contributed by atoms with Crippen molar-refractivity contribution in [2.45, 2.75) is 13.0 Å². The second-order valence-corrected chi connectivity index (χ2v) is 6.55. The number of amides is 1. The number of pyridine rings is 1. The largest absolute Gasteiger partial charge is 0.479 e. The predicted octanol–water partition coefficient (Wildman–Crippen LogP) is 3.75. The summed E-state index contributed by atoms with van der Waals surface area (Å²) in [6.45, 7) is 1.55. The van der Waals surface area contributed by atoms with Gasteiger partial charge in [0, 0.05) is 10.5 Å². The average molecular weight is 404 g/mol.